The van der Waals surface area contributed by atoms with Crippen molar-refractivity contribution in [3.63, 3.8) is 0 Å². The van der Waals surface area contributed by atoms with E-state index in [4.69, 9.17) is 56.5 Å². The second-order valence-corrected chi connectivity index (χ2v) is 11.4. The molecule has 0 radical (unpaired) electrons. The lowest BCUT2D eigenvalue weighted by Crippen LogP contribution is -2.44. The number of amides is 2. The standard InChI is InChI=1S/C26H18BrCl3N2O4S2/c1-2-35-21-11-14(10-17(27)23(21)36-13-16-19(29)8-5-9-20(16)30)12-22-25(34)32(26(37)38-22)31-24(33)15-6-3-4-7-18(15)28/h3-12H,2,13H2,1H3,(H,31,33)/b22-12-. The van der Waals surface area contributed by atoms with Crippen LogP contribution in [0.25, 0.3) is 6.08 Å². The number of thioether (sulfide) groups is 1. The molecule has 1 heterocycles. The highest BCUT2D eigenvalue weighted by Gasteiger charge is 2.34. The minimum Gasteiger partial charge on any atom is -0.490 e. The number of benzene rings is 3. The number of ether oxygens (including phenoxy) is 2. The number of carbonyl (C=O) groups is 2. The van der Waals surface area contributed by atoms with Gasteiger partial charge in [0.15, 0.2) is 15.8 Å². The number of nitrogens with zero attached hydrogens (tertiary/aromatic N) is 1. The smallest absolute Gasteiger partial charge is 0.285 e. The van der Waals surface area contributed by atoms with Crippen LogP contribution in [0.3, 0.4) is 0 Å². The molecule has 0 saturated carbocycles. The summed E-state index contributed by atoms with van der Waals surface area (Å²) in [6.07, 6.45) is 1.66. The van der Waals surface area contributed by atoms with Crippen molar-refractivity contribution in [3.8, 4) is 11.5 Å². The van der Waals surface area contributed by atoms with Crippen LogP contribution in [0.4, 0.5) is 0 Å². The quantitative estimate of drug-likeness (QED) is 0.194. The second-order valence-electron chi connectivity index (χ2n) is 7.69. The normalized spacial score (nSPS) is 14.2. The van der Waals surface area contributed by atoms with Gasteiger partial charge in [0.25, 0.3) is 11.8 Å². The van der Waals surface area contributed by atoms with E-state index in [-0.39, 0.29) is 21.5 Å². The van der Waals surface area contributed by atoms with Crippen LogP contribution in [0.15, 0.2) is 64.0 Å². The van der Waals surface area contributed by atoms with Gasteiger partial charge >= 0.3 is 0 Å². The average molecular weight is 673 g/mol. The van der Waals surface area contributed by atoms with Crippen LogP contribution in [0, 0.1) is 0 Å². The zero-order chi connectivity index (χ0) is 27.4. The van der Waals surface area contributed by atoms with Crippen LogP contribution in [-0.4, -0.2) is 27.8 Å². The molecule has 1 aliphatic rings. The number of thiocarbonyl (C=S) groups is 1. The van der Waals surface area contributed by atoms with Crippen molar-refractivity contribution in [3.05, 3.63) is 95.7 Å². The average Bonchev–Trinajstić information content (AvgIpc) is 3.12. The van der Waals surface area contributed by atoms with E-state index in [2.05, 4.69) is 21.4 Å². The molecule has 0 spiro atoms. The maximum absolute atomic E-state index is 13.1. The van der Waals surface area contributed by atoms with Gasteiger partial charge in [0.2, 0.25) is 0 Å². The summed E-state index contributed by atoms with van der Waals surface area (Å²) in [5.41, 5.74) is 4.06. The molecule has 0 aromatic heterocycles. The van der Waals surface area contributed by atoms with E-state index < -0.39 is 11.8 Å². The van der Waals surface area contributed by atoms with Crippen molar-refractivity contribution in [2.75, 3.05) is 6.61 Å². The van der Waals surface area contributed by atoms with Crippen LogP contribution >= 0.6 is 74.7 Å². The van der Waals surface area contributed by atoms with Gasteiger partial charge < -0.3 is 9.47 Å². The highest BCUT2D eigenvalue weighted by molar-refractivity contribution is 9.10. The van der Waals surface area contributed by atoms with Gasteiger partial charge in [-0.15, -0.1) is 0 Å². The Morgan fingerprint density at radius 2 is 1.76 bits per heavy atom. The van der Waals surface area contributed by atoms with Crippen molar-refractivity contribution in [2.24, 2.45) is 0 Å². The summed E-state index contributed by atoms with van der Waals surface area (Å²) >= 11 is 28.6. The minimum absolute atomic E-state index is 0.125. The molecule has 0 unspecified atom stereocenters. The summed E-state index contributed by atoms with van der Waals surface area (Å²) < 4.78 is 12.6. The topological polar surface area (TPSA) is 67.9 Å². The van der Waals surface area contributed by atoms with E-state index in [1.165, 1.54) is 0 Å². The summed E-state index contributed by atoms with van der Waals surface area (Å²) in [4.78, 5) is 26.0. The van der Waals surface area contributed by atoms with Gasteiger partial charge in [-0.25, -0.2) is 0 Å². The number of rotatable bonds is 8. The Labute approximate surface area is 252 Å². The lowest BCUT2D eigenvalue weighted by atomic mass is 10.1. The first-order chi connectivity index (χ1) is 18.2. The highest BCUT2D eigenvalue weighted by atomic mass is 79.9. The van der Waals surface area contributed by atoms with E-state index >= 15 is 0 Å². The van der Waals surface area contributed by atoms with Crippen LogP contribution in [0.5, 0.6) is 11.5 Å². The molecule has 3 aromatic rings. The number of hydrazine groups is 1. The van der Waals surface area contributed by atoms with Crippen molar-refractivity contribution in [2.45, 2.75) is 13.5 Å². The molecular weight excluding hydrogens is 655 g/mol. The van der Waals surface area contributed by atoms with Crippen LogP contribution in [0.1, 0.15) is 28.4 Å². The van der Waals surface area contributed by atoms with E-state index in [1.807, 2.05) is 6.92 Å². The molecule has 12 heteroatoms. The van der Waals surface area contributed by atoms with Gasteiger partial charge in [0.05, 0.1) is 26.6 Å². The third-order valence-corrected chi connectivity index (χ3v) is 8.11. The lowest BCUT2D eigenvalue weighted by molar-refractivity contribution is -0.123. The third-order valence-electron chi connectivity index (χ3n) is 5.18. The van der Waals surface area contributed by atoms with Gasteiger partial charge in [0.1, 0.15) is 6.61 Å². The van der Waals surface area contributed by atoms with E-state index in [0.717, 1.165) is 16.8 Å². The molecule has 1 fully saturated rings. The first-order valence-corrected chi connectivity index (χ1v) is 14.2. The molecule has 1 N–H and O–H groups in total. The highest BCUT2D eigenvalue weighted by Crippen LogP contribution is 2.40. The molecular formula is C26H18BrCl3N2O4S2. The summed E-state index contributed by atoms with van der Waals surface area (Å²) in [6.45, 7) is 2.36. The van der Waals surface area contributed by atoms with Crippen LogP contribution in [-0.2, 0) is 11.4 Å². The Kier molecular flexibility index (Phi) is 9.62. The SMILES string of the molecule is CCOc1cc(/C=C2\SC(=S)N(NC(=O)c3ccccc3Cl)C2=O)cc(Br)c1OCc1c(Cl)cccc1Cl. The maximum atomic E-state index is 13.1. The van der Waals surface area contributed by atoms with Gasteiger partial charge in [-0.1, -0.05) is 64.8 Å². The molecule has 3 aromatic carbocycles. The molecule has 196 valence electrons. The minimum atomic E-state index is -0.547. The first kappa shape index (κ1) is 28.7. The molecule has 4 rings (SSSR count). The molecule has 1 aliphatic heterocycles. The Morgan fingerprint density at radius 1 is 1.08 bits per heavy atom. The molecule has 2 amide bonds. The zero-order valence-corrected chi connectivity index (χ0v) is 25.1. The van der Waals surface area contributed by atoms with Gasteiger partial charge in [-0.05, 0) is 83.1 Å². The summed E-state index contributed by atoms with van der Waals surface area (Å²) in [7, 11) is 0. The molecule has 1 saturated heterocycles. The third kappa shape index (κ3) is 6.47. The van der Waals surface area contributed by atoms with Crippen LogP contribution in [0.2, 0.25) is 15.1 Å². The van der Waals surface area contributed by atoms with E-state index in [0.29, 0.717) is 48.7 Å². The monoisotopic (exact) mass is 670 g/mol. The Morgan fingerprint density at radius 3 is 2.45 bits per heavy atom. The number of carbonyl (C=O) groups excluding carboxylic acids is 2. The molecule has 0 bridgehead atoms. The number of hydrogen-bond donors (Lipinski definition) is 1. The fourth-order valence-corrected chi connectivity index (χ4v) is 5.89. The van der Waals surface area contributed by atoms with Gasteiger partial charge in [-0.3, -0.25) is 15.0 Å². The lowest BCUT2D eigenvalue weighted by Gasteiger charge is -2.16. The summed E-state index contributed by atoms with van der Waals surface area (Å²) in [5.74, 6) is -0.101. The number of nitrogens with one attached hydrogen (secondary N) is 1. The van der Waals surface area contributed by atoms with Crippen molar-refractivity contribution < 1.29 is 19.1 Å². The van der Waals surface area contributed by atoms with Crippen molar-refractivity contribution in [1.29, 1.82) is 0 Å². The summed E-state index contributed by atoms with van der Waals surface area (Å²) in [6, 6.07) is 15.3. The first-order valence-electron chi connectivity index (χ1n) is 11.0. The predicted octanol–water partition coefficient (Wildman–Crippen LogP) is 7.93. The van der Waals surface area contributed by atoms with E-state index in [9.17, 15) is 9.59 Å². The Balaban J connectivity index is 1.56. The largest absolute Gasteiger partial charge is 0.490 e. The van der Waals surface area contributed by atoms with Gasteiger partial charge in [0, 0.05) is 15.6 Å². The van der Waals surface area contributed by atoms with E-state index in [1.54, 1.807) is 60.7 Å². The second kappa shape index (κ2) is 12.7. The maximum Gasteiger partial charge on any atom is 0.285 e. The zero-order valence-electron chi connectivity index (χ0n) is 19.6. The fraction of sp³-hybridized carbons (Fsp3) is 0.115. The molecule has 0 atom stereocenters. The molecule has 6 nitrogen and oxygen atoms in total. The molecule has 0 aliphatic carbocycles. The molecule has 38 heavy (non-hydrogen) atoms. The fourth-order valence-electron chi connectivity index (χ4n) is 3.41. The number of hydrogen-bond acceptors (Lipinski definition) is 6. The van der Waals surface area contributed by atoms with Crippen molar-refractivity contribution in [1.82, 2.24) is 10.4 Å². The van der Waals surface area contributed by atoms with Crippen LogP contribution < -0.4 is 14.9 Å². The van der Waals surface area contributed by atoms with Crippen molar-refractivity contribution >= 4 is 96.9 Å². The Hall–Kier alpha value is -2.27. The number of halogens is 4. The van der Waals surface area contributed by atoms with Gasteiger partial charge in [-0.2, -0.15) is 5.01 Å². The Bertz CT molecular complexity index is 1450. The predicted molar refractivity (Wildman–Crippen MR) is 160 cm³/mol. The summed E-state index contributed by atoms with van der Waals surface area (Å²) in [5, 5.41) is 2.28.